The van der Waals surface area contributed by atoms with Crippen molar-refractivity contribution in [3.05, 3.63) is 54.1 Å². The van der Waals surface area contributed by atoms with Gasteiger partial charge in [-0.3, -0.25) is 9.69 Å². The van der Waals surface area contributed by atoms with Crippen molar-refractivity contribution in [3.8, 4) is 5.75 Å². The van der Waals surface area contributed by atoms with Gasteiger partial charge < -0.3 is 14.5 Å². The minimum Gasteiger partial charge on any atom is -0.495 e. The Hall–Kier alpha value is -2.53. The molecule has 142 valence electrons. The highest BCUT2D eigenvalue weighted by Gasteiger charge is 2.26. The Bertz CT molecular complexity index is 800. The highest BCUT2D eigenvalue weighted by molar-refractivity contribution is 6.01. The van der Waals surface area contributed by atoms with Gasteiger partial charge in [0, 0.05) is 38.4 Å². The van der Waals surface area contributed by atoms with E-state index in [0.29, 0.717) is 6.42 Å². The monoisotopic (exact) mass is 365 g/mol. The number of piperazine rings is 1. The highest BCUT2D eigenvalue weighted by atomic mass is 16.5. The van der Waals surface area contributed by atoms with E-state index in [0.717, 1.165) is 62.7 Å². The van der Waals surface area contributed by atoms with E-state index in [9.17, 15) is 4.79 Å². The number of benzene rings is 2. The molecule has 2 aromatic rings. The number of rotatable bonds is 6. The zero-order valence-electron chi connectivity index (χ0n) is 15.9. The van der Waals surface area contributed by atoms with Crippen LogP contribution in [0.15, 0.2) is 48.5 Å². The van der Waals surface area contributed by atoms with Crippen LogP contribution in [0.4, 0.5) is 11.4 Å². The summed E-state index contributed by atoms with van der Waals surface area (Å²) in [7, 11) is 1.73. The fraction of sp³-hybridized carbons (Fsp3) is 0.409. The molecule has 0 radical (unpaired) electrons. The smallest absolute Gasteiger partial charge is 0.231 e. The molecule has 0 atom stereocenters. The molecule has 5 heteroatoms. The van der Waals surface area contributed by atoms with Crippen LogP contribution in [-0.2, 0) is 11.2 Å². The molecule has 1 saturated heterocycles. The Labute approximate surface area is 161 Å². The van der Waals surface area contributed by atoms with Crippen molar-refractivity contribution in [2.45, 2.75) is 12.8 Å². The molecule has 0 bridgehead atoms. The summed E-state index contributed by atoms with van der Waals surface area (Å²) in [6.07, 6.45) is 1.56. The van der Waals surface area contributed by atoms with E-state index in [1.165, 1.54) is 5.69 Å². The molecule has 4 rings (SSSR count). The Morgan fingerprint density at radius 1 is 0.889 bits per heavy atom. The molecule has 0 N–H and O–H groups in total. The van der Waals surface area contributed by atoms with Crippen molar-refractivity contribution in [1.29, 1.82) is 0 Å². The van der Waals surface area contributed by atoms with Crippen molar-refractivity contribution in [3.63, 3.8) is 0 Å². The average Bonchev–Trinajstić information content (AvgIpc) is 3.04. The first-order valence-corrected chi connectivity index (χ1v) is 9.75. The van der Waals surface area contributed by atoms with Crippen molar-refractivity contribution in [1.82, 2.24) is 4.90 Å². The van der Waals surface area contributed by atoms with Gasteiger partial charge in [-0.1, -0.05) is 30.3 Å². The molecular formula is C22H27N3O2. The van der Waals surface area contributed by atoms with Gasteiger partial charge in [-0.25, -0.2) is 0 Å². The lowest BCUT2D eigenvalue weighted by Crippen LogP contribution is -2.47. The largest absolute Gasteiger partial charge is 0.495 e. The third-order valence-electron chi connectivity index (χ3n) is 5.58. The van der Waals surface area contributed by atoms with Crippen LogP contribution < -0.4 is 14.5 Å². The molecule has 27 heavy (non-hydrogen) atoms. The summed E-state index contributed by atoms with van der Waals surface area (Å²) in [4.78, 5) is 19.1. The minimum atomic E-state index is 0.234. The lowest BCUT2D eigenvalue weighted by molar-refractivity contribution is -0.117. The Kier molecular flexibility index (Phi) is 5.30. The van der Waals surface area contributed by atoms with E-state index < -0.39 is 0 Å². The van der Waals surface area contributed by atoms with Crippen LogP contribution in [0.2, 0.25) is 0 Å². The fourth-order valence-electron chi connectivity index (χ4n) is 4.12. The number of nitrogens with zero attached hydrogens (tertiary/aromatic N) is 3. The molecule has 2 aliphatic heterocycles. The quantitative estimate of drug-likeness (QED) is 0.789. The predicted octanol–water partition coefficient (Wildman–Crippen LogP) is 2.80. The average molecular weight is 365 g/mol. The number of hydrogen-bond acceptors (Lipinski definition) is 4. The van der Waals surface area contributed by atoms with Crippen molar-refractivity contribution < 1.29 is 9.53 Å². The van der Waals surface area contributed by atoms with Crippen LogP contribution in [0.1, 0.15) is 12.0 Å². The second-order valence-corrected chi connectivity index (χ2v) is 7.20. The van der Waals surface area contributed by atoms with Gasteiger partial charge in [0.25, 0.3) is 0 Å². The Balaban J connectivity index is 1.26. The van der Waals surface area contributed by atoms with Gasteiger partial charge in [0.05, 0.1) is 19.2 Å². The van der Waals surface area contributed by atoms with Crippen LogP contribution in [0.25, 0.3) is 0 Å². The summed E-state index contributed by atoms with van der Waals surface area (Å²) in [6, 6.07) is 16.4. The first-order valence-electron chi connectivity index (χ1n) is 9.75. The van der Waals surface area contributed by atoms with Gasteiger partial charge >= 0.3 is 0 Å². The zero-order valence-corrected chi connectivity index (χ0v) is 15.9. The number of carbonyl (C=O) groups excluding carboxylic acids is 1. The van der Waals surface area contributed by atoms with Crippen molar-refractivity contribution in [2.24, 2.45) is 0 Å². The summed E-state index contributed by atoms with van der Waals surface area (Å²) >= 11 is 0. The van der Waals surface area contributed by atoms with E-state index in [-0.39, 0.29) is 5.91 Å². The van der Waals surface area contributed by atoms with Gasteiger partial charge in [0.1, 0.15) is 5.75 Å². The van der Waals surface area contributed by atoms with Gasteiger partial charge in [-0.2, -0.15) is 0 Å². The van der Waals surface area contributed by atoms with E-state index in [4.69, 9.17) is 4.74 Å². The first kappa shape index (κ1) is 17.9. The molecule has 2 heterocycles. The van der Waals surface area contributed by atoms with Crippen molar-refractivity contribution in [2.75, 3.05) is 56.2 Å². The van der Waals surface area contributed by atoms with Gasteiger partial charge in [0.15, 0.2) is 0 Å². The Morgan fingerprint density at radius 3 is 2.37 bits per heavy atom. The summed E-state index contributed by atoms with van der Waals surface area (Å²) in [5.74, 6) is 1.18. The fourth-order valence-corrected chi connectivity index (χ4v) is 4.12. The molecular weight excluding hydrogens is 338 g/mol. The maximum absolute atomic E-state index is 12.3. The van der Waals surface area contributed by atoms with Crippen LogP contribution in [-0.4, -0.2) is 57.2 Å². The standard InChI is InChI=1S/C22H27N3O2/c1-27-21-10-5-4-9-20(21)24-15-13-23(14-16-24)11-6-12-25-19-8-3-2-7-18(19)17-22(25)26/h2-5,7-10H,6,11-17H2,1H3. The molecule has 0 aromatic heterocycles. The number of ether oxygens (including phenoxy) is 1. The number of methoxy groups -OCH3 is 1. The molecule has 1 fully saturated rings. The Morgan fingerprint density at radius 2 is 1.59 bits per heavy atom. The number of fused-ring (bicyclic) bond motifs is 1. The number of carbonyl (C=O) groups is 1. The van der Waals surface area contributed by atoms with Crippen LogP contribution in [0.3, 0.4) is 0 Å². The molecule has 5 nitrogen and oxygen atoms in total. The summed E-state index contributed by atoms with van der Waals surface area (Å²) in [5, 5.41) is 0. The van der Waals surface area contributed by atoms with Gasteiger partial charge in [-0.05, 0) is 36.7 Å². The van der Waals surface area contributed by atoms with Crippen molar-refractivity contribution >= 4 is 17.3 Å². The maximum atomic E-state index is 12.3. The lowest BCUT2D eigenvalue weighted by Gasteiger charge is -2.36. The molecule has 0 aliphatic carbocycles. The number of para-hydroxylation sites is 3. The normalized spacial score (nSPS) is 17.3. The first-order chi connectivity index (χ1) is 13.3. The third kappa shape index (κ3) is 3.78. The second-order valence-electron chi connectivity index (χ2n) is 7.20. The topological polar surface area (TPSA) is 36.0 Å². The molecule has 2 aliphatic rings. The lowest BCUT2D eigenvalue weighted by atomic mass is 10.2. The highest BCUT2D eigenvalue weighted by Crippen LogP contribution is 2.29. The third-order valence-corrected chi connectivity index (χ3v) is 5.58. The summed E-state index contributed by atoms with van der Waals surface area (Å²) in [5.41, 5.74) is 3.44. The van der Waals surface area contributed by atoms with Gasteiger partial charge in [-0.15, -0.1) is 0 Å². The van der Waals surface area contributed by atoms with E-state index in [1.54, 1.807) is 7.11 Å². The predicted molar refractivity (Wildman–Crippen MR) is 109 cm³/mol. The van der Waals surface area contributed by atoms with Crippen LogP contribution in [0.5, 0.6) is 5.75 Å². The SMILES string of the molecule is COc1ccccc1N1CCN(CCCN2C(=O)Cc3ccccc32)CC1. The zero-order chi connectivity index (χ0) is 18.6. The van der Waals surface area contributed by atoms with E-state index in [1.807, 2.05) is 29.2 Å². The second kappa shape index (κ2) is 8.01. The molecule has 1 amide bonds. The summed E-state index contributed by atoms with van der Waals surface area (Å²) in [6.45, 7) is 5.94. The summed E-state index contributed by atoms with van der Waals surface area (Å²) < 4.78 is 5.49. The molecule has 0 saturated carbocycles. The molecule has 0 spiro atoms. The van der Waals surface area contributed by atoms with Crippen LogP contribution in [0, 0.1) is 0 Å². The molecule has 2 aromatic carbocycles. The maximum Gasteiger partial charge on any atom is 0.231 e. The number of hydrogen-bond donors (Lipinski definition) is 0. The van der Waals surface area contributed by atoms with E-state index in [2.05, 4.69) is 34.1 Å². The van der Waals surface area contributed by atoms with Gasteiger partial charge in [0.2, 0.25) is 5.91 Å². The minimum absolute atomic E-state index is 0.234. The number of anilines is 2. The molecule has 0 unspecified atom stereocenters. The van der Waals surface area contributed by atoms with Crippen LogP contribution >= 0.6 is 0 Å². The number of amides is 1. The van der Waals surface area contributed by atoms with E-state index >= 15 is 0 Å².